The predicted octanol–water partition coefficient (Wildman–Crippen LogP) is 1.14. The van der Waals surface area contributed by atoms with E-state index in [2.05, 4.69) is 4.74 Å². The summed E-state index contributed by atoms with van der Waals surface area (Å²) < 4.78 is 18.9. The van der Waals surface area contributed by atoms with E-state index < -0.39 is 23.1 Å². The van der Waals surface area contributed by atoms with E-state index in [1.54, 1.807) is 12.1 Å². The molecular formula is C17H15FN2O5. The van der Waals surface area contributed by atoms with Crippen molar-refractivity contribution in [1.82, 2.24) is 9.47 Å². The molecule has 0 bridgehead atoms. The van der Waals surface area contributed by atoms with Crippen LogP contribution in [-0.2, 0) is 17.8 Å². The molecule has 2 heterocycles. The summed E-state index contributed by atoms with van der Waals surface area (Å²) in [6.45, 7) is 0.658. The molecule has 8 heteroatoms. The molecule has 0 fully saturated rings. The lowest BCUT2D eigenvalue weighted by molar-refractivity contribution is 0.0575. The fraction of sp³-hybridized carbons (Fsp3) is 0.235. The molecule has 1 aromatic heterocycles. The van der Waals surface area contributed by atoms with Gasteiger partial charge in [-0.3, -0.25) is 9.59 Å². The van der Waals surface area contributed by atoms with Crippen molar-refractivity contribution in [2.24, 2.45) is 0 Å². The number of hydrogen-bond acceptors (Lipinski definition) is 5. The average molecular weight is 346 g/mol. The number of methoxy groups -OCH3 is 1. The number of benzene rings is 1. The maximum Gasteiger partial charge on any atom is 0.354 e. The monoisotopic (exact) mass is 346 g/mol. The van der Waals surface area contributed by atoms with Crippen LogP contribution in [0.1, 0.15) is 26.5 Å². The van der Waals surface area contributed by atoms with Crippen LogP contribution in [0.15, 0.2) is 35.1 Å². The van der Waals surface area contributed by atoms with Crippen LogP contribution in [0.4, 0.5) is 4.39 Å². The fourth-order valence-corrected chi connectivity index (χ4v) is 2.79. The van der Waals surface area contributed by atoms with E-state index >= 15 is 0 Å². The van der Waals surface area contributed by atoms with Crippen molar-refractivity contribution in [2.75, 3.05) is 13.7 Å². The maximum atomic E-state index is 13.0. The number of rotatable bonds is 3. The molecule has 0 saturated heterocycles. The quantitative estimate of drug-likeness (QED) is 0.842. The highest BCUT2D eigenvalue weighted by molar-refractivity contribution is 5.98. The number of carbonyl (C=O) groups excluding carboxylic acids is 2. The molecule has 2 aromatic rings. The molecule has 0 unspecified atom stereocenters. The number of nitrogens with zero attached hydrogens (tertiary/aromatic N) is 2. The number of esters is 1. The number of aromatic hydroxyl groups is 1. The van der Waals surface area contributed by atoms with Gasteiger partial charge >= 0.3 is 5.97 Å². The summed E-state index contributed by atoms with van der Waals surface area (Å²) in [5, 5.41) is 10.0. The molecule has 0 saturated carbocycles. The molecule has 25 heavy (non-hydrogen) atoms. The van der Waals surface area contributed by atoms with Crippen LogP contribution in [0.2, 0.25) is 0 Å². The van der Waals surface area contributed by atoms with Gasteiger partial charge < -0.3 is 19.3 Å². The number of hydrogen-bond donors (Lipinski definition) is 1. The van der Waals surface area contributed by atoms with Crippen molar-refractivity contribution in [3.05, 3.63) is 63.3 Å². The number of ether oxygens (including phenoxy) is 1. The summed E-state index contributed by atoms with van der Waals surface area (Å²) in [6, 6.07) is 6.63. The topological polar surface area (TPSA) is 88.8 Å². The van der Waals surface area contributed by atoms with Crippen LogP contribution in [0, 0.1) is 5.82 Å². The van der Waals surface area contributed by atoms with Crippen molar-refractivity contribution in [3.8, 4) is 5.75 Å². The Kier molecular flexibility index (Phi) is 4.26. The standard InChI is InChI=1S/C17H15FN2O5/c1-25-17(24)12-8-13(21)15(22)14-16(23)19(6-7-20(12)14)9-10-2-4-11(18)5-3-10/h2-5,8,22H,6-7,9H2,1H3. The summed E-state index contributed by atoms with van der Waals surface area (Å²) in [6.07, 6.45) is 0. The molecule has 1 aliphatic heterocycles. The molecule has 1 aromatic carbocycles. The van der Waals surface area contributed by atoms with E-state index in [1.807, 2.05) is 0 Å². The Bertz CT molecular complexity index is 904. The molecule has 0 aliphatic carbocycles. The minimum atomic E-state index is -0.830. The zero-order valence-corrected chi connectivity index (χ0v) is 13.4. The highest BCUT2D eigenvalue weighted by Crippen LogP contribution is 2.23. The van der Waals surface area contributed by atoms with E-state index in [0.717, 1.165) is 13.2 Å². The average Bonchev–Trinajstić information content (AvgIpc) is 2.61. The second kappa shape index (κ2) is 6.39. The second-order valence-electron chi connectivity index (χ2n) is 5.59. The number of pyridine rings is 1. The van der Waals surface area contributed by atoms with Crippen LogP contribution in [0.25, 0.3) is 0 Å². The largest absolute Gasteiger partial charge is 0.503 e. The lowest BCUT2D eigenvalue weighted by Crippen LogP contribution is -2.42. The molecule has 130 valence electrons. The van der Waals surface area contributed by atoms with Gasteiger partial charge in [0.1, 0.15) is 11.5 Å². The minimum Gasteiger partial charge on any atom is -0.503 e. The second-order valence-corrected chi connectivity index (χ2v) is 5.59. The summed E-state index contributed by atoms with van der Waals surface area (Å²) in [4.78, 5) is 37.9. The van der Waals surface area contributed by atoms with E-state index in [9.17, 15) is 23.9 Å². The van der Waals surface area contributed by atoms with Gasteiger partial charge in [-0.1, -0.05) is 12.1 Å². The van der Waals surface area contributed by atoms with Crippen molar-refractivity contribution in [2.45, 2.75) is 13.1 Å². The van der Waals surface area contributed by atoms with Crippen LogP contribution in [-0.4, -0.2) is 40.1 Å². The molecular weight excluding hydrogens is 331 g/mol. The number of aromatic nitrogens is 1. The lowest BCUT2D eigenvalue weighted by Gasteiger charge is -2.31. The van der Waals surface area contributed by atoms with Crippen LogP contribution < -0.4 is 5.43 Å². The molecule has 0 spiro atoms. The van der Waals surface area contributed by atoms with Crippen molar-refractivity contribution in [3.63, 3.8) is 0 Å². The van der Waals surface area contributed by atoms with Gasteiger partial charge in [-0.05, 0) is 17.7 Å². The summed E-state index contributed by atoms with van der Waals surface area (Å²) in [7, 11) is 1.16. The Morgan fingerprint density at radius 1 is 1.24 bits per heavy atom. The van der Waals surface area contributed by atoms with Crippen molar-refractivity contribution < 1.29 is 23.8 Å². The van der Waals surface area contributed by atoms with Crippen molar-refractivity contribution >= 4 is 11.9 Å². The SMILES string of the molecule is COC(=O)c1cc(=O)c(O)c2n1CCN(Cc1ccc(F)cc1)C2=O. The third-order valence-corrected chi connectivity index (χ3v) is 4.05. The van der Waals surface area contributed by atoms with Gasteiger partial charge in [-0.2, -0.15) is 0 Å². The Hall–Kier alpha value is -3.16. The summed E-state index contributed by atoms with van der Waals surface area (Å²) >= 11 is 0. The maximum absolute atomic E-state index is 13.0. The normalized spacial score (nSPS) is 13.5. The Balaban J connectivity index is 1.99. The Morgan fingerprint density at radius 2 is 1.92 bits per heavy atom. The number of amides is 1. The van der Waals surface area contributed by atoms with Gasteiger partial charge in [0.15, 0.2) is 11.4 Å². The first-order valence-electron chi connectivity index (χ1n) is 7.51. The number of fused-ring (bicyclic) bond motifs is 1. The predicted molar refractivity (Wildman–Crippen MR) is 84.8 cm³/mol. The zero-order valence-electron chi connectivity index (χ0n) is 13.4. The third kappa shape index (κ3) is 2.98. The van der Waals surface area contributed by atoms with Crippen LogP contribution in [0.5, 0.6) is 5.75 Å². The highest BCUT2D eigenvalue weighted by Gasteiger charge is 2.31. The molecule has 0 atom stereocenters. The van der Waals surface area contributed by atoms with E-state index in [0.29, 0.717) is 5.56 Å². The third-order valence-electron chi connectivity index (χ3n) is 4.05. The van der Waals surface area contributed by atoms with Crippen LogP contribution in [0.3, 0.4) is 0 Å². The highest BCUT2D eigenvalue weighted by atomic mass is 19.1. The molecule has 1 N–H and O–H groups in total. The van der Waals surface area contributed by atoms with Gasteiger partial charge in [0.05, 0.1) is 7.11 Å². The lowest BCUT2D eigenvalue weighted by atomic mass is 10.1. The first-order valence-corrected chi connectivity index (χ1v) is 7.51. The first-order chi connectivity index (χ1) is 11.9. The smallest absolute Gasteiger partial charge is 0.354 e. The van der Waals surface area contributed by atoms with Crippen LogP contribution >= 0.6 is 0 Å². The first kappa shape index (κ1) is 16.7. The van der Waals surface area contributed by atoms with Gasteiger partial charge in [0, 0.05) is 25.7 Å². The van der Waals surface area contributed by atoms with E-state index in [-0.39, 0.29) is 36.8 Å². The molecule has 1 amide bonds. The minimum absolute atomic E-state index is 0.0879. The fourth-order valence-electron chi connectivity index (χ4n) is 2.79. The molecule has 1 aliphatic rings. The number of halogens is 1. The summed E-state index contributed by atoms with van der Waals surface area (Å²) in [5.74, 6) is -2.44. The van der Waals surface area contributed by atoms with Gasteiger partial charge in [0.25, 0.3) is 5.91 Å². The van der Waals surface area contributed by atoms with Gasteiger partial charge in [-0.15, -0.1) is 0 Å². The molecule has 7 nitrogen and oxygen atoms in total. The van der Waals surface area contributed by atoms with Crippen molar-refractivity contribution in [1.29, 1.82) is 0 Å². The van der Waals surface area contributed by atoms with Gasteiger partial charge in [-0.25, -0.2) is 9.18 Å². The summed E-state index contributed by atoms with van der Waals surface area (Å²) in [5.41, 5.74) is -0.464. The Labute approximate surface area is 141 Å². The van der Waals surface area contributed by atoms with Gasteiger partial charge in [0.2, 0.25) is 5.43 Å². The number of carbonyl (C=O) groups is 2. The van der Waals surface area contributed by atoms with E-state index in [4.69, 9.17) is 0 Å². The Morgan fingerprint density at radius 3 is 2.56 bits per heavy atom. The molecule has 3 rings (SSSR count). The zero-order chi connectivity index (χ0) is 18.1. The molecule has 0 radical (unpaired) electrons. The van der Waals surface area contributed by atoms with E-state index in [1.165, 1.54) is 21.6 Å².